The lowest BCUT2D eigenvalue weighted by Crippen LogP contribution is -2.45. The Morgan fingerprint density at radius 1 is 0.368 bits per heavy atom. The Labute approximate surface area is 474 Å². The third-order valence-corrected chi connectivity index (χ3v) is 15.9. The van der Waals surface area contributed by atoms with Gasteiger partial charge in [0.25, 0.3) is 0 Å². The van der Waals surface area contributed by atoms with Gasteiger partial charge in [0.2, 0.25) is 5.91 Å². The molecule has 0 aromatic carbocycles. The Hall–Kier alpha value is -1.92. The minimum atomic E-state index is -0.667. The first-order valence-electron chi connectivity index (χ1n) is 34.2. The zero-order chi connectivity index (χ0) is 55.0. The average Bonchev–Trinajstić information content (AvgIpc) is 3.42. The van der Waals surface area contributed by atoms with Crippen LogP contribution < -0.4 is 5.32 Å². The summed E-state index contributed by atoms with van der Waals surface area (Å²) in [5.74, 6) is -0.0292. The van der Waals surface area contributed by atoms with Gasteiger partial charge in [-0.2, -0.15) is 0 Å². The number of allylic oxidation sites excluding steroid dienone is 6. The molecule has 76 heavy (non-hydrogen) atoms. The molecule has 2 atom stereocenters. The molecule has 0 bridgehead atoms. The van der Waals surface area contributed by atoms with Crippen molar-refractivity contribution in [1.82, 2.24) is 5.32 Å². The molecule has 0 aromatic heterocycles. The van der Waals surface area contributed by atoms with Gasteiger partial charge in [0, 0.05) is 12.8 Å². The van der Waals surface area contributed by atoms with E-state index in [1.54, 1.807) is 0 Å². The fourth-order valence-corrected chi connectivity index (χ4v) is 10.7. The van der Waals surface area contributed by atoms with Crippen molar-refractivity contribution in [2.75, 3.05) is 13.2 Å². The van der Waals surface area contributed by atoms with E-state index in [1.807, 2.05) is 0 Å². The molecule has 0 saturated heterocycles. The van der Waals surface area contributed by atoms with Gasteiger partial charge in [0.05, 0.1) is 25.4 Å². The number of unbranched alkanes of at least 4 members (excludes halogenated alkanes) is 47. The van der Waals surface area contributed by atoms with Gasteiger partial charge >= 0.3 is 5.97 Å². The van der Waals surface area contributed by atoms with Crippen LogP contribution in [0.3, 0.4) is 0 Å². The number of rotatable bonds is 64. The van der Waals surface area contributed by atoms with Gasteiger partial charge in [-0.15, -0.1) is 0 Å². The molecule has 2 unspecified atom stereocenters. The molecule has 0 rings (SSSR count). The van der Waals surface area contributed by atoms with E-state index in [2.05, 4.69) is 55.6 Å². The summed E-state index contributed by atoms with van der Waals surface area (Å²) in [4.78, 5) is 24.6. The van der Waals surface area contributed by atoms with Crippen molar-refractivity contribution in [2.45, 2.75) is 386 Å². The van der Waals surface area contributed by atoms with E-state index in [0.29, 0.717) is 25.9 Å². The van der Waals surface area contributed by atoms with Crippen LogP contribution in [0.5, 0.6) is 0 Å². The number of carbonyl (C=O) groups is 2. The van der Waals surface area contributed by atoms with Crippen molar-refractivity contribution in [3.8, 4) is 0 Å². The smallest absolute Gasteiger partial charge is 0.305 e. The number of hydrogen-bond acceptors (Lipinski definition) is 5. The van der Waals surface area contributed by atoms with Gasteiger partial charge in [-0.3, -0.25) is 9.59 Å². The first kappa shape index (κ1) is 74.1. The normalized spacial score (nSPS) is 12.7. The molecule has 0 radical (unpaired) electrons. The predicted molar refractivity (Wildman–Crippen MR) is 333 cm³/mol. The van der Waals surface area contributed by atoms with Crippen LogP contribution in [0, 0.1) is 0 Å². The Morgan fingerprint density at radius 3 is 1.03 bits per heavy atom. The second-order valence-electron chi connectivity index (χ2n) is 23.5. The monoisotopic (exact) mass is 1070 g/mol. The van der Waals surface area contributed by atoms with E-state index in [-0.39, 0.29) is 18.5 Å². The van der Waals surface area contributed by atoms with Gasteiger partial charge < -0.3 is 20.3 Å². The van der Waals surface area contributed by atoms with Crippen LogP contribution in [0.15, 0.2) is 36.5 Å². The summed E-state index contributed by atoms with van der Waals surface area (Å²) in [7, 11) is 0. The van der Waals surface area contributed by atoms with Crippen molar-refractivity contribution in [2.24, 2.45) is 0 Å². The van der Waals surface area contributed by atoms with Crippen molar-refractivity contribution in [3.63, 3.8) is 0 Å². The van der Waals surface area contributed by atoms with Crippen LogP contribution in [0.2, 0.25) is 0 Å². The molecule has 3 N–H and O–H groups in total. The molecule has 0 aliphatic carbocycles. The Kier molecular flexibility index (Phi) is 63.9. The zero-order valence-corrected chi connectivity index (χ0v) is 51.3. The topological polar surface area (TPSA) is 95.9 Å². The number of nitrogens with one attached hydrogen (secondary N) is 1. The minimum absolute atomic E-state index is 0.00654. The van der Waals surface area contributed by atoms with Crippen LogP contribution in [-0.2, 0) is 14.3 Å². The van der Waals surface area contributed by atoms with Gasteiger partial charge in [-0.25, -0.2) is 0 Å². The van der Waals surface area contributed by atoms with Crippen molar-refractivity contribution in [1.29, 1.82) is 0 Å². The van der Waals surface area contributed by atoms with Crippen LogP contribution in [0.1, 0.15) is 373 Å². The van der Waals surface area contributed by atoms with E-state index < -0.39 is 12.1 Å². The van der Waals surface area contributed by atoms with Crippen molar-refractivity contribution < 1.29 is 24.5 Å². The highest BCUT2D eigenvalue weighted by molar-refractivity contribution is 5.76. The number of esters is 1. The van der Waals surface area contributed by atoms with Gasteiger partial charge in [-0.05, 0) is 83.5 Å². The number of hydrogen-bond donors (Lipinski definition) is 3. The molecule has 0 saturated carbocycles. The zero-order valence-electron chi connectivity index (χ0n) is 51.3. The average molecular weight is 1070 g/mol. The summed E-state index contributed by atoms with van der Waals surface area (Å²) < 4.78 is 5.50. The fraction of sp³-hybridized carbons (Fsp3) is 0.886. The summed E-state index contributed by atoms with van der Waals surface area (Å²) in [6.45, 7) is 4.96. The molecule has 0 aliphatic rings. The Morgan fingerprint density at radius 2 is 0.658 bits per heavy atom. The molecule has 0 aliphatic heterocycles. The molecular weight excluding hydrogens is 935 g/mol. The maximum absolute atomic E-state index is 12.5. The molecule has 6 heteroatoms. The summed E-state index contributed by atoms with van der Waals surface area (Å²) in [5.41, 5.74) is 0. The highest BCUT2D eigenvalue weighted by Crippen LogP contribution is 2.18. The van der Waals surface area contributed by atoms with E-state index >= 15 is 0 Å². The molecule has 0 heterocycles. The highest BCUT2D eigenvalue weighted by Gasteiger charge is 2.20. The number of carbonyl (C=O) groups excluding carboxylic acids is 2. The number of aliphatic hydroxyl groups is 2. The summed E-state index contributed by atoms with van der Waals surface area (Å²) >= 11 is 0. The van der Waals surface area contributed by atoms with Crippen molar-refractivity contribution >= 4 is 11.9 Å². The second kappa shape index (κ2) is 65.6. The lowest BCUT2D eigenvalue weighted by atomic mass is 10.0. The molecule has 0 spiro atoms. The SMILES string of the molecule is CCCCCC/C=C\C/C=C\CCCCCCCCCC(=O)OCCCCCCCCCCCCCC/C=C\CCCCCCCCCCCC(=O)NC(CO)C(O)CCCCCCCCCCCCCCCCCC. The first-order valence-corrected chi connectivity index (χ1v) is 34.2. The number of amides is 1. The highest BCUT2D eigenvalue weighted by atomic mass is 16.5. The maximum atomic E-state index is 12.5. The quantitative estimate of drug-likeness (QED) is 0.0320. The van der Waals surface area contributed by atoms with Crippen LogP contribution >= 0.6 is 0 Å². The van der Waals surface area contributed by atoms with E-state index in [1.165, 1.54) is 289 Å². The maximum Gasteiger partial charge on any atom is 0.305 e. The summed E-state index contributed by atoms with van der Waals surface area (Å²) in [6.07, 6.45) is 83.2. The first-order chi connectivity index (χ1) is 37.5. The van der Waals surface area contributed by atoms with Gasteiger partial charge in [-0.1, -0.05) is 314 Å². The molecule has 0 aromatic rings. The van der Waals surface area contributed by atoms with E-state index in [0.717, 1.165) is 51.4 Å². The number of ether oxygens (including phenoxy) is 1. The van der Waals surface area contributed by atoms with Gasteiger partial charge in [0.15, 0.2) is 0 Å². The van der Waals surface area contributed by atoms with E-state index in [4.69, 9.17) is 4.74 Å². The molecule has 6 nitrogen and oxygen atoms in total. The van der Waals surface area contributed by atoms with Crippen LogP contribution in [0.25, 0.3) is 0 Å². The standard InChI is InChI=1S/C70H133NO5/c1-3-5-7-9-11-13-15-17-19-21-32-36-40-44-48-52-56-60-64-70(75)76-65-61-57-53-49-45-41-37-33-30-28-26-24-22-23-25-27-29-31-35-39-43-47-51-55-59-63-69(74)71-67(66-72)68(73)62-58-54-50-46-42-38-34-20-18-16-14-12-10-8-6-4-2/h13,15,19,21,23,25,67-68,72-73H,3-12,14,16-18,20,22,24,26-66H2,1-2H3,(H,71,74)/b15-13-,21-19-,25-23-. The second-order valence-corrected chi connectivity index (χ2v) is 23.5. The molecule has 0 fully saturated rings. The minimum Gasteiger partial charge on any atom is -0.466 e. The van der Waals surface area contributed by atoms with Crippen LogP contribution in [-0.4, -0.2) is 47.4 Å². The largest absolute Gasteiger partial charge is 0.466 e. The fourth-order valence-electron chi connectivity index (χ4n) is 10.7. The van der Waals surface area contributed by atoms with Crippen LogP contribution in [0.4, 0.5) is 0 Å². The Bertz CT molecular complexity index is 1230. The summed E-state index contributed by atoms with van der Waals surface area (Å²) in [5, 5.41) is 23.3. The van der Waals surface area contributed by atoms with Gasteiger partial charge in [0.1, 0.15) is 0 Å². The molecular formula is C70H133NO5. The predicted octanol–water partition coefficient (Wildman–Crippen LogP) is 21.9. The lowest BCUT2D eigenvalue weighted by molar-refractivity contribution is -0.143. The molecule has 448 valence electrons. The lowest BCUT2D eigenvalue weighted by Gasteiger charge is -2.22. The van der Waals surface area contributed by atoms with Crippen molar-refractivity contribution in [3.05, 3.63) is 36.5 Å². The third-order valence-electron chi connectivity index (χ3n) is 15.9. The van der Waals surface area contributed by atoms with E-state index in [9.17, 15) is 19.8 Å². The molecule has 1 amide bonds. The third kappa shape index (κ3) is 61.3. The Balaban J connectivity index is 3.39. The summed E-state index contributed by atoms with van der Waals surface area (Å²) in [6, 6.07) is -0.544. The number of aliphatic hydroxyl groups excluding tert-OH is 2.